The fraction of sp³-hybridized carbons (Fsp3) is 0.261. The summed E-state index contributed by atoms with van der Waals surface area (Å²) in [6.07, 6.45) is 0.435. The van der Waals surface area contributed by atoms with Gasteiger partial charge in [-0.25, -0.2) is 12.7 Å². The van der Waals surface area contributed by atoms with E-state index in [1.54, 1.807) is 31.4 Å². The van der Waals surface area contributed by atoms with Gasteiger partial charge in [-0.05, 0) is 65.7 Å². The summed E-state index contributed by atoms with van der Waals surface area (Å²) in [5, 5.41) is 1.90. The lowest BCUT2D eigenvalue weighted by Crippen LogP contribution is -2.28. The molecule has 3 aromatic rings. The molecule has 0 saturated heterocycles. The van der Waals surface area contributed by atoms with Gasteiger partial charge in [-0.1, -0.05) is 12.1 Å². The topological polar surface area (TPSA) is 82.1 Å². The number of carbonyl (C=O) groups is 1. The van der Waals surface area contributed by atoms with Crippen LogP contribution in [-0.4, -0.2) is 46.5 Å². The number of hydrogen-bond donors (Lipinski definition) is 0. The van der Waals surface area contributed by atoms with E-state index >= 15 is 0 Å². The van der Waals surface area contributed by atoms with Gasteiger partial charge in [-0.15, -0.1) is 0 Å². The van der Waals surface area contributed by atoms with Gasteiger partial charge in [-0.2, -0.15) is 0 Å². The Morgan fingerprint density at radius 1 is 0.839 bits per heavy atom. The van der Waals surface area contributed by atoms with Gasteiger partial charge in [0.25, 0.3) is 0 Å². The van der Waals surface area contributed by atoms with Crippen LogP contribution in [0.1, 0.15) is 12.8 Å². The first-order valence-corrected chi connectivity index (χ1v) is 11.2. The number of nitrogens with zero attached hydrogens (tertiary/aromatic N) is 1. The zero-order chi connectivity index (χ0) is 22.4. The molecule has 164 valence electrons. The van der Waals surface area contributed by atoms with Gasteiger partial charge in [-0.3, -0.25) is 4.79 Å². The van der Waals surface area contributed by atoms with Crippen LogP contribution in [0, 0.1) is 0 Å². The summed E-state index contributed by atoms with van der Waals surface area (Å²) in [7, 11) is 0.961. The van der Waals surface area contributed by atoms with Gasteiger partial charge < -0.3 is 14.2 Å². The quantitative estimate of drug-likeness (QED) is 0.369. The fourth-order valence-corrected chi connectivity index (χ4v) is 4.28. The zero-order valence-corrected chi connectivity index (χ0v) is 18.5. The summed E-state index contributed by atoms with van der Waals surface area (Å²) >= 11 is 0. The molecular formula is C23H25NO6S. The summed E-state index contributed by atoms with van der Waals surface area (Å²) in [5.74, 6) is 1.32. The average molecular weight is 444 g/mol. The second-order valence-electron chi connectivity index (χ2n) is 6.95. The van der Waals surface area contributed by atoms with E-state index in [1.165, 1.54) is 30.6 Å². The highest BCUT2D eigenvalue weighted by Gasteiger charge is 2.20. The molecular weight excluding hydrogens is 418 g/mol. The van der Waals surface area contributed by atoms with Crippen molar-refractivity contribution in [2.24, 2.45) is 0 Å². The number of sulfonamides is 1. The number of ether oxygens (including phenoxy) is 3. The molecule has 0 radical (unpaired) electrons. The average Bonchev–Trinajstić information content (AvgIpc) is 2.78. The molecule has 0 bridgehead atoms. The maximum absolute atomic E-state index is 12.6. The lowest BCUT2D eigenvalue weighted by Gasteiger charge is -2.17. The van der Waals surface area contributed by atoms with Crippen molar-refractivity contribution in [2.75, 3.05) is 27.8 Å². The van der Waals surface area contributed by atoms with Crippen LogP contribution in [-0.2, 0) is 14.8 Å². The molecule has 0 unspecified atom stereocenters. The second-order valence-corrected chi connectivity index (χ2v) is 9.00. The van der Waals surface area contributed by atoms with Crippen molar-refractivity contribution in [1.82, 2.24) is 4.31 Å². The molecule has 0 amide bonds. The predicted molar refractivity (Wildman–Crippen MR) is 118 cm³/mol. The zero-order valence-electron chi connectivity index (χ0n) is 17.7. The first-order valence-electron chi connectivity index (χ1n) is 9.72. The molecule has 7 nitrogen and oxygen atoms in total. The molecule has 3 aromatic carbocycles. The first kappa shape index (κ1) is 22.6. The molecule has 0 aliphatic rings. The van der Waals surface area contributed by atoms with E-state index in [2.05, 4.69) is 0 Å². The molecule has 0 spiro atoms. The Bertz CT molecular complexity index is 1160. The van der Waals surface area contributed by atoms with Crippen LogP contribution in [0.2, 0.25) is 0 Å². The van der Waals surface area contributed by atoms with Gasteiger partial charge in [0.2, 0.25) is 10.0 Å². The third-order valence-corrected chi connectivity index (χ3v) is 6.74. The number of hydrogen-bond acceptors (Lipinski definition) is 6. The third kappa shape index (κ3) is 5.53. The highest BCUT2D eigenvalue weighted by molar-refractivity contribution is 7.89. The molecule has 0 aromatic heterocycles. The number of methoxy groups -OCH3 is 2. The highest BCUT2D eigenvalue weighted by Crippen LogP contribution is 2.25. The maximum atomic E-state index is 12.6. The minimum atomic E-state index is -3.64. The SMILES string of the molecule is COc1ccc(S(=O)(=O)N(C)CCCC(=O)Oc2ccc3ccc(OC)cc3c2)cc1. The largest absolute Gasteiger partial charge is 0.497 e. The number of carbonyl (C=O) groups excluding carboxylic acids is 1. The number of rotatable bonds is 9. The molecule has 31 heavy (non-hydrogen) atoms. The summed E-state index contributed by atoms with van der Waals surface area (Å²) in [6.45, 7) is 0.193. The van der Waals surface area contributed by atoms with Crippen LogP contribution in [0.25, 0.3) is 10.8 Å². The van der Waals surface area contributed by atoms with Crippen molar-refractivity contribution in [3.63, 3.8) is 0 Å². The molecule has 0 heterocycles. The molecule has 0 saturated carbocycles. The maximum Gasteiger partial charge on any atom is 0.311 e. The Morgan fingerprint density at radius 2 is 1.42 bits per heavy atom. The lowest BCUT2D eigenvalue weighted by atomic mass is 10.1. The van der Waals surface area contributed by atoms with E-state index in [1.807, 2.05) is 24.3 Å². The van der Waals surface area contributed by atoms with Crippen molar-refractivity contribution in [2.45, 2.75) is 17.7 Å². The summed E-state index contributed by atoms with van der Waals surface area (Å²) in [5.41, 5.74) is 0. The molecule has 0 aliphatic heterocycles. The van der Waals surface area contributed by atoms with Crippen molar-refractivity contribution in [3.05, 3.63) is 60.7 Å². The highest BCUT2D eigenvalue weighted by atomic mass is 32.2. The van der Waals surface area contributed by atoms with E-state index in [0.29, 0.717) is 17.9 Å². The Kier molecular flexibility index (Phi) is 7.14. The lowest BCUT2D eigenvalue weighted by molar-refractivity contribution is -0.134. The number of fused-ring (bicyclic) bond motifs is 1. The smallest absolute Gasteiger partial charge is 0.311 e. The fourth-order valence-electron chi connectivity index (χ4n) is 3.07. The van der Waals surface area contributed by atoms with Crippen LogP contribution in [0.5, 0.6) is 17.2 Å². The van der Waals surface area contributed by atoms with Crippen molar-refractivity contribution >= 4 is 26.8 Å². The first-order chi connectivity index (χ1) is 14.8. The standard InChI is InChI=1S/C23H25NO6S/c1-24(31(26,27)22-12-10-19(28-2)11-13-22)14-4-5-23(25)30-21-9-7-17-6-8-20(29-3)15-18(17)16-21/h6-13,15-16H,4-5,14H2,1-3H3. The Morgan fingerprint density at radius 3 is 2.06 bits per heavy atom. The van der Waals surface area contributed by atoms with E-state index in [4.69, 9.17) is 14.2 Å². The summed E-state index contributed by atoms with van der Waals surface area (Å²) in [6, 6.07) is 17.2. The van der Waals surface area contributed by atoms with Crippen LogP contribution in [0.3, 0.4) is 0 Å². The van der Waals surface area contributed by atoms with Gasteiger partial charge in [0, 0.05) is 20.0 Å². The van der Waals surface area contributed by atoms with Crippen LogP contribution >= 0.6 is 0 Å². The van der Waals surface area contributed by atoms with Crippen LogP contribution < -0.4 is 14.2 Å². The Labute approximate surface area is 182 Å². The number of esters is 1. The van der Waals surface area contributed by atoms with Crippen molar-refractivity contribution in [3.8, 4) is 17.2 Å². The molecule has 8 heteroatoms. The van der Waals surface area contributed by atoms with Crippen molar-refractivity contribution < 1.29 is 27.4 Å². The monoisotopic (exact) mass is 443 g/mol. The van der Waals surface area contributed by atoms with Crippen LogP contribution in [0.15, 0.2) is 65.6 Å². The third-order valence-electron chi connectivity index (χ3n) is 4.87. The normalized spacial score (nSPS) is 11.5. The van der Waals surface area contributed by atoms with Crippen molar-refractivity contribution in [1.29, 1.82) is 0 Å². The van der Waals surface area contributed by atoms with E-state index in [0.717, 1.165) is 16.5 Å². The van der Waals surface area contributed by atoms with Gasteiger partial charge in [0.05, 0.1) is 19.1 Å². The molecule has 0 aliphatic carbocycles. The predicted octanol–water partition coefficient (Wildman–Crippen LogP) is 3.86. The van der Waals surface area contributed by atoms with Gasteiger partial charge >= 0.3 is 5.97 Å². The summed E-state index contributed by atoms with van der Waals surface area (Å²) < 4.78 is 42.2. The minimum absolute atomic E-state index is 0.0959. The minimum Gasteiger partial charge on any atom is -0.497 e. The molecule has 0 N–H and O–H groups in total. The Hall–Kier alpha value is -3.10. The molecule has 3 rings (SSSR count). The van der Waals surface area contributed by atoms with Crippen LogP contribution in [0.4, 0.5) is 0 Å². The second kappa shape index (κ2) is 9.80. The molecule has 0 atom stereocenters. The van der Waals surface area contributed by atoms with Gasteiger partial charge in [0.15, 0.2) is 0 Å². The van der Waals surface area contributed by atoms with E-state index in [-0.39, 0.29) is 17.9 Å². The molecule has 0 fully saturated rings. The number of benzene rings is 3. The van der Waals surface area contributed by atoms with E-state index < -0.39 is 16.0 Å². The summed E-state index contributed by atoms with van der Waals surface area (Å²) in [4.78, 5) is 12.4. The van der Waals surface area contributed by atoms with Gasteiger partial charge in [0.1, 0.15) is 17.2 Å². The van der Waals surface area contributed by atoms with E-state index in [9.17, 15) is 13.2 Å². The Balaban J connectivity index is 1.55.